The normalized spacial score (nSPS) is 20.0. The van der Waals surface area contributed by atoms with Gasteiger partial charge in [-0.15, -0.1) is 0 Å². The molecular formula is C22H30ClF3N4O2. The number of hydrogen-bond acceptors (Lipinski definition) is 4. The van der Waals surface area contributed by atoms with E-state index in [1.165, 1.54) is 18.9 Å². The summed E-state index contributed by atoms with van der Waals surface area (Å²) in [5.74, 6) is -0.219. The van der Waals surface area contributed by atoms with Gasteiger partial charge in [0.1, 0.15) is 0 Å². The van der Waals surface area contributed by atoms with Gasteiger partial charge in [-0.25, -0.2) is 0 Å². The summed E-state index contributed by atoms with van der Waals surface area (Å²) in [4.78, 5) is 31.2. The highest BCUT2D eigenvalue weighted by atomic mass is 35.5. The second-order valence-corrected chi connectivity index (χ2v) is 8.88. The number of hydrogen-bond donors (Lipinski definition) is 1. The lowest BCUT2D eigenvalue weighted by atomic mass is 10.2. The Morgan fingerprint density at radius 3 is 2.25 bits per heavy atom. The molecular weight excluding hydrogens is 445 g/mol. The van der Waals surface area contributed by atoms with E-state index in [-0.39, 0.29) is 30.1 Å². The number of piperazine rings is 1. The number of alkyl halides is 3. The summed E-state index contributed by atoms with van der Waals surface area (Å²) in [6, 6.07) is 3.12. The largest absolute Gasteiger partial charge is 0.417 e. The molecule has 2 fully saturated rings. The Balaban J connectivity index is 1.47. The maximum atomic E-state index is 13.0. The maximum Gasteiger partial charge on any atom is 0.417 e. The highest BCUT2D eigenvalue weighted by molar-refractivity contribution is 6.31. The lowest BCUT2D eigenvalue weighted by Crippen LogP contribution is -2.55. The Morgan fingerprint density at radius 1 is 1.03 bits per heavy atom. The standard InChI is InChI=1S/C22H30ClF3N4O2/c1-16(21(32)30-8-4-2-3-5-9-30)29-12-10-28(11-13-29)15-20(31)27-17-6-7-19(23)18(14-17)22(24,25)26/h6-7,14,16H,2-5,8-13,15H2,1H3,(H,27,31)/t16-/m1/s1. The first kappa shape index (κ1) is 24.8. The fourth-order valence-electron chi connectivity index (χ4n) is 4.24. The van der Waals surface area contributed by atoms with Crippen molar-refractivity contribution in [2.75, 3.05) is 51.1 Å². The number of anilines is 1. The van der Waals surface area contributed by atoms with Crippen molar-refractivity contribution in [3.63, 3.8) is 0 Å². The topological polar surface area (TPSA) is 55.9 Å². The molecule has 0 bridgehead atoms. The van der Waals surface area contributed by atoms with E-state index in [9.17, 15) is 22.8 Å². The third kappa shape index (κ3) is 6.59. The quantitative estimate of drug-likeness (QED) is 0.707. The number of carbonyl (C=O) groups is 2. The number of nitrogens with zero attached hydrogens (tertiary/aromatic N) is 3. The van der Waals surface area contributed by atoms with E-state index in [2.05, 4.69) is 10.2 Å². The molecule has 3 rings (SSSR count). The van der Waals surface area contributed by atoms with Crippen molar-refractivity contribution >= 4 is 29.1 Å². The molecule has 0 saturated carbocycles. The van der Waals surface area contributed by atoms with Crippen LogP contribution in [0.1, 0.15) is 38.2 Å². The zero-order chi connectivity index (χ0) is 23.3. The maximum absolute atomic E-state index is 13.0. The van der Waals surface area contributed by atoms with Crippen molar-refractivity contribution in [3.05, 3.63) is 28.8 Å². The Kier molecular flexibility index (Phi) is 8.41. The van der Waals surface area contributed by atoms with Gasteiger partial charge in [-0.2, -0.15) is 13.2 Å². The molecule has 1 atom stereocenters. The van der Waals surface area contributed by atoms with Crippen LogP contribution in [0, 0.1) is 0 Å². The first-order valence-corrected chi connectivity index (χ1v) is 11.4. The lowest BCUT2D eigenvalue weighted by molar-refractivity contribution is -0.138. The average molecular weight is 475 g/mol. The molecule has 2 aliphatic heterocycles. The molecule has 1 N–H and O–H groups in total. The number of likely N-dealkylation sites (tertiary alicyclic amines) is 1. The molecule has 0 spiro atoms. The summed E-state index contributed by atoms with van der Waals surface area (Å²) in [6.07, 6.45) is -0.132. The first-order valence-electron chi connectivity index (χ1n) is 11.1. The minimum absolute atomic E-state index is 0.0574. The van der Waals surface area contributed by atoms with Gasteiger partial charge in [0.05, 0.1) is 23.2 Å². The van der Waals surface area contributed by atoms with Crippen LogP contribution in [-0.2, 0) is 15.8 Å². The third-order valence-electron chi connectivity index (χ3n) is 6.15. The van der Waals surface area contributed by atoms with Gasteiger partial charge < -0.3 is 10.2 Å². The van der Waals surface area contributed by atoms with Crippen molar-refractivity contribution < 1.29 is 22.8 Å². The minimum Gasteiger partial charge on any atom is -0.341 e. The number of halogens is 4. The molecule has 1 aromatic rings. The van der Waals surface area contributed by atoms with Gasteiger partial charge in [-0.1, -0.05) is 24.4 Å². The molecule has 1 aromatic carbocycles. The number of amides is 2. The Hall–Kier alpha value is -1.84. The van der Waals surface area contributed by atoms with Crippen molar-refractivity contribution in [3.8, 4) is 0 Å². The Labute approximate surface area is 191 Å². The van der Waals surface area contributed by atoms with E-state index < -0.39 is 16.8 Å². The summed E-state index contributed by atoms with van der Waals surface area (Å²) in [7, 11) is 0. The molecule has 2 heterocycles. The minimum atomic E-state index is -4.59. The number of nitrogens with one attached hydrogen (secondary N) is 1. The van der Waals surface area contributed by atoms with Crippen LogP contribution in [0.2, 0.25) is 5.02 Å². The van der Waals surface area contributed by atoms with E-state index in [4.69, 9.17) is 11.6 Å². The molecule has 2 aliphatic rings. The number of rotatable bonds is 5. The summed E-state index contributed by atoms with van der Waals surface area (Å²) >= 11 is 5.62. The van der Waals surface area contributed by atoms with E-state index in [1.807, 2.05) is 16.7 Å². The van der Waals surface area contributed by atoms with Gasteiger partial charge in [0.2, 0.25) is 11.8 Å². The van der Waals surface area contributed by atoms with Crippen LogP contribution in [0.4, 0.5) is 18.9 Å². The molecule has 0 radical (unpaired) electrons. The van der Waals surface area contributed by atoms with Gasteiger partial charge in [-0.3, -0.25) is 19.4 Å². The van der Waals surface area contributed by atoms with Gasteiger partial charge >= 0.3 is 6.18 Å². The molecule has 178 valence electrons. The Bertz CT molecular complexity index is 805. The summed E-state index contributed by atoms with van der Waals surface area (Å²) < 4.78 is 39.0. The smallest absolute Gasteiger partial charge is 0.341 e. The van der Waals surface area contributed by atoms with Crippen LogP contribution in [0.25, 0.3) is 0 Å². The second-order valence-electron chi connectivity index (χ2n) is 8.47. The van der Waals surface area contributed by atoms with E-state index >= 15 is 0 Å². The zero-order valence-corrected chi connectivity index (χ0v) is 19.0. The third-order valence-corrected chi connectivity index (χ3v) is 6.48. The van der Waals surface area contributed by atoms with Gasteiger partial charge in [0, 0.05) is 45.0 Å². The summed E-state index contributed by atoms with van der Waals surface area (Å²) in [5.41, 5.74) is -0.921. The van der Waals surface area contributed by atoms with Crippen LogP contribution >= 0.6 is 11.6 Å². The number of benzene rings is 1. The number of carbonyl (C=O) groups excluding carboxylic acids is 2. The van der Waals surface area contributed by atoms with Crippen LogP contribution < -0.4 is 5.32 Å². The van der Waals surface area contributed by atoms with Crippen molar-refractivity contribution in [2.45, 2.75) is 44.8 Å². The monoisotopic (exact) mass is 474 g/mol. The molecule has 6 nitrogen and oxygen atoms in total. The highest BCUT2D eigenvalue weighted by Crippen LogP contribution is 2.36. The SMILES string of the molecule is C[C@H](C(=O)N1CCCCCC1)N1CCN(CC(=O)Nc2ccc(Cl)c(C(F)(F)F)c2)CC1. The summed E-state index contributed by atoms with van der Waals surface area (Å²) in [6.45, 7) is 6.20. The average Bonchev–Trinajstić information content (AvgIpc) is 3.03. The van der Waals surface area contributed by atoms with Crippen LogP contribution in [0.15, 0.2) is 18.2 Å². The molecule has 32 heavy (non-hydrogen) atoms. The van der Waals surface area contributed by atoms with E-state index in [1.54, 1.807) is 0 Å². The van der Waals surface area contributed by atoms with Gasteiger partial charge in [0.15, 0.2) is 0 Å². The zero-order valence-electron chi connectivity index (χ0n) is 18.3. The van der Waals surface area contributed by atoms with Gasteiger partial charge in [0.25, 0.3) is 0 Å². The lowest BCUT2D eigenvalue weighted by Gasteiger charge is -2.38. The highest BCUT2D eigenvalue weighted by Gasteiger charge is 2.34. The fourth-order valence-corrected chi connectivity index (χ4v) is 4.47. The van der Waals surface area contributed by atoms with Crippen LogP contribution in [0.3, 0.4) is 0 Å². The van der Waals surface area contributed by atoms with E-state index in [0.29, 0.717) is 26.2 Å². The van der Waals surface area contributed by atoms with E-state index in [0.717, 1.165) is 38.1 Å². The molecule has 0 unspecified atom stereocenters. The van der Waals surface area contributed by atoms with Gasteiger partial charge in [-0.05, 0) is 38.0 Å². The van der Waals surface area contributed by atoms with Crippen molar-refractivity contribution in [1.82, 2.24) is 14.7 Å². The predicted molar refractivity (Wildman–Crippen MR) is 118 cm³/mol. The molecule has 0 aliphatic carbocycles. The van der Waals surface area contributed by atoms with Crippen molar-refractivity contribution in [1.29, 1.82) is 0 Å². The van der Waals surface area contributed by atoms with Crippen LogP contribution in [0.5, 0.6) is 0 Å². The van der Waals surface area contributed by atoms with Crippen molar-refractivity contribution in [2.24, 2.45) is 0 Å². The predicted octanol–water partition coefficient (Wildman–Crippen LogP) is 3.71. The molecule has 0 aromatic heterocycles. The Morgan fingerprint density at radius 2 is 1.66 bits per heavy atom. The first-order chi connectivity index (χ1) is 15.1. The molecule has 10 heteroatoms. The second kappa shape index (κ2) is 10.9. The molecule has 2 amide bonds. The summed E-state index contributed by atoms with van der Waals surface area (Å²) in [5, 5.41) is 2.11. The van der Waals surface area contributed by atoms with Crippen LogP contribution in [-0.4, -0.2) is 78.4 Å². The fraction of sp³-hybridized carbons (Fsp3) is 0.636. The molecule has 2 saturated heterocycles.